The Hall–Kier alpha value is -0.860. The number of rotatable bonds is 10. The molecule has 0 saturated heterocycles. The highest BCUT2D eigenvalue weighted by molar-refractivity contribution is 5.14. The van der Waals surface area contributed by atoms with Crippen LogP contribution in [0.5, 0.6) is 0 Å². The van der Waals surface area contributed by atoms with Crippen molar-refractivity contribution in [3.63, 3.8) is 0 Å². The topological polar surface area (TPSA) is 23.5 Å². The molecule has 2 nitrogen and oxygen atoms in total. The first kappa shape index (κ1) is 20.1. The van der Waals surface area contributed by atoms with Crippen molar-refractivity contribution in [1.82, 2.24) is 4.90 Å². The van der Waals surface area contributed by atoms with E-state index in [0.717, 1.165) is 13.0 Å². The Morgan fingerprint density at radius 2 is 1.33 bits per heavy atom. The van der Waals surface area contributed by atoms with Gasteiger partial charge in [-0.05, 0) is 26.1 Å². The molecule has 2 heteroatoms. The lowest BCUT2D eigenvalue weighted by Gasteiger charge is -2.08. The van der Waals surface area contributed by atoms with Gasteiger partial charge in [0.05, 0.1) is 0 Å². The van der Waals surface area contributed by atoms with Crippen LogP contribution in [0, 0.1) is 0 Å². The first-order valence-electron chi connectivity index (χ1n) is 8.50. The van der Waals surface area contributed by atoms with E-state index in [1.165, 1.54) is 50.5 Å². The third kappa shape index (κ3) is 15.3. The molecule has 122 valence electrons. The molecule has 1 rings (SSSR count). The van der Waals surface area contributed by atoms with Crippen LogP contribution in [0.25, 0.3) is 0 Å². The second kappa shape index (κ2) is 15.5. The predicted molar refractivity (Wildman–Crippen MR) is 93.5 cm³/mol. The van der Waals surface area contributed by atoms with E-state index in [0.29, 0.717) is 6.61 Å². The first-order chi connectivity index (χ1) is 10.2. The molecule has 1 aromatic carbocycles. The SMILES string of the molecule is CCCCCCCCCCO.CN(C)Cc1ccccc1. The molecule has 1 aromatic rings. The monoisotopic (exact) mass is 293 g/mol. The molecule has 0 atom stereocenters. The lowest BCUT2D eigenvalue weighted by atomic mass is 10.1. The van der Waals surface area contributed by atoms with Crippen LogP contribution in [0.2, 0.25) is 0 Å². The molecule has 0 amide bonds. The van der Waals surface area contributed by atoms with Crippen molar-refractivity contribution in [2.24, 2.45) is 0 Å². The molecule has 0 bridgehead atoms. The Morgan fingerprint density at radius 1 is 0.810 bits per heavy atom. The zero-order chi connectivity index (χ0) is 15.8. The maximum Gasteiger partial charge on any atom is 0.0431 e. The smallest absolute Gasteiger partial charge is 0.0431 e. The van der Waals surface area contributed by atoms with Crippen LogP contribution in [0.3, 0.4) is 0 Å². The van der Waals surface area contributed by atoms with E-state index in [1.807, 2.05) is 6.07 Å². The average molecular weight is 293 g/mol. The molecule has 21 heavy (non-hydrogen) atoms. The van der Waals surface area contributed by atoms with Gasteiger partial charge in [-0.15, -0.1) is 0 Å². The summed E-state index contributed by atoms with van der Waals surface area (Å²) in [6.07, 6.45) is 10.4. The van der Waals surface area contributed by atoms with E-state index >= 15 is 0 Å². The molecule has 0 fully saturated rings. The first-order valence-corrected chi connectivity index (χ1v) is 8.50. The van der Waals surface area contributed by atoms with Crippen molar-refractivity contribution in [1.29, 1.82) is 0 Å². The van der Waals surface area contributed by atoms with Gasteiger partial charge in [0, 0.05) is 13.2 Å². The van der Waals surface area contributed by atoms with Crippen molar-refractivity contribution < 1.29 is 5.11 Å². The third-order valence-corrected chi connectivity index (χ3v) is 3.35. The van der Waals surface area contributed by atoms with Gasteiger partial charge in [-0.2, -0.15) is 0 Å². The number of benzene rings is 1. The van der Waals surface area contributed by atoms with Crippen molar-refractivity contribution in [2.45, 2.75) is 64.8 Å². The van der Waals surface area contributed by atoms with Gasteiger partial charge < -0.3 is 10.0 Å². The van der Waals surface area contributed by atoms with E-state index < -0.39 is 0 Å². The third-order valence-electron chi connectivity index (χ3n) is 3.35. The molecule has 0 aromatic heterocycles. The number of hydrogen-bond acceptors (Lipinski definition) is 2. The summed E-state index contributed by atoms with van der Waals surface area (Å²) in [7, 11) is 4.15. The van der Waals surface area contributed by atoms with Gasteiger partial charge in [0.15, 0.2) is 0 Å². The Labute approximate surface area is 132 Å². The van der Waals surface area contributed by atoms with Crippen LogP contribution in [0.4, 0.5) is 0 Å². The second-order valence-electron chi connectivity index (χ2n) is 5.92. The Balaban J connectivity index is 0.000000382. The molecule has 1 N–H and O–H groups in total. The molecule has 0 unspecified atom stereocenters. The van der Waals surface area contributed by atoms with Gasteiger partial charge in [-0.25, -0.2) is 0 Å². The maximum absolute atomic E-state index is 8.51. The summed E-state index contributed by atoms with van der Waals surface area (Å²) >= 11 is 0. The van der Waals surface area contributed by atoms with Crippen molar-refractivity contribution in [2.75, 3.05) is 20.7 Å². The minimum Gasteiger partial charge on any atom is -0.396 e. The minimum atomic E-state index is 0.370. The van der Waals surface area contributed by atoms with Crippen LogP contribution < -0.4 is 0 Å². The highest BCUT2D eigenvalue weighted by Crippen LogP contribution is 2.07. The minimum absolute atomic E-state index is 0.370. The Bertz CT molecular complexity index is 290. The van der Waals surface area contributed by atoms with Gasteiger partial charge in [-0.1, -0.05) is 82.2 Å². The summed E-state index contributed by atoms with van der Waals surface area (Å²) in [6, 6.07) is 10.5. The number of aliphatic hydroxyl groups excluding tert-OH is 1. The fourth-order valence-electron chi connectivity index (χ4n) is 2.19. The number of unbranched alkanes of at least 4 members (excludes halogenated alkanes) is 7. The van der Waals surface area contributed by atoms with Crippen LogP contribution in [0.1, 0.15) is 63.9 Å². The molecule has 0 spiro atoms. The number of nitrogens with zero attached hydrogens (tertiary/aromatic N) is 1. The van der Waals surface area contributed by atoms with Crippen LogP contribution in [-0.2, 0) is 6.54 Å². The highest BCUT2D eigenvalue weighted by atomic mass is 16.2. The van der Waals surface area contributed by atoms with Gasteiger partial charge >= 0.3 is 0 Å². The summed E-state index contributed by atoms with van der Waals surface area (Å²) in [4.78, 5) is 2.16. The number of hydrogen-bond donors (Lipinski definition) is 1. The van der Waals surface area contributed by atoms with Crippen LogP contribution in [-0.4, -0.2) is 30.7 Å². The summed E-state index contributed by atoms with van der Waals surface area (Å²) in [5, 5.41) is 8.51. The Morgan fingerprint density at radius 3 is 1.81 bits per heavy atom. The van der Waals surface area contributed by atoms with E-state index in [1.54, 1.807) is 0 Å². The van der Waals surface area contributed by atoms with Crippen molar-refractivity contribution >= 4 is 0 Å². The lowest BCUT2D eigenvalue weighted by Crippen LogP contribution is -2.10. The lowest BCUT2D eigenvalue weighted by molar-refractivity contribution is 0.282. The van der Waals surface area contributed by atoms with Gasteiger partial charge in [0.1, 0.15) is 0 Å². The van der Waals surface area contributed by atoms with Gasteiger partial charge in [0.2, 0.25) is 0 Å². The molecule has 0 aliphatic heterocycles. The summed E-state index contributed by atoms with van der Waals surface area (Å²) in [6.45, 7) is 3.64. The number of aliphatic hydroxyl groups is 1. The molecule has 0 saturated carbocycles. The zero-order valence-electron chi connectivity index (χ0n) is 14.4. The molecular weight excluding hydrogens is 258 g/mol. The normalized spacial score (nSPS) is 10.3. The molecule has 0 aliphatic carbocycles. The van der Waals surface area contributed by atoms with Gasteiger partial charge in [-0.3, -0.25) is 0 Å². The van der Waals surface area contributed by atoms with Gasteiger partial charge in [0.25, 0.3) is 0 Å². The summed E-state index contributed by atoms with van der Waals surface area (Å²) in [5.41, 5.74) is 1.37. The predicted octanol–water partition coefficient (Wildman–Crippen LogP) is 4.87. The van der Waals surface area contributed by atoms with E-state index in [2.05, 4.69) is 50.2 Å². The van der Waals surface area contributed by atoms with Crippen LogP contribution >= 0.6 is 0 Å². The second-order valence-corrected chi connectivity index (χ2v) is 5.92. The summed E-state index contributed by atoms with van der Waals surface area (Å²) < 4.78 is 0. The standard InChI is InChI=1S/C10H22O.C9H13N/c1-2-3-4-5-6-7-8-9-10-11;1-10(2)8-9-6-4-3-5-7-9/h11H,2-10H2,1H3;3-7H,8H2,1-2H3. The molecular formula is C19H35NO. The molecule has 0 aliphatic rings. The molecule has 0 radical (unpaired) electrons. The molecule has 0 heterocycles. The van der Waals surface area contributed by atoms with E-state index in [-0.39, 0.29) is 0 Å². The maximum atomic E-state index is 8.51. The van der Waals surface area contributed by atoms with E-state index in [9.17, 15) is 0 Å². The van der Waals surface area contributed by atoms with Crippen molar-refractivity contribution in [3.8, 4) is 0 Å². The summed E-state index contributed by atoms with van der Waals surface area (Å²) in [5.74, 6) is 0. The van der Waals surface area contributed by atoms with Crippen LogP contribution in [0.15, 0.2) is 30.3 Å². The largest absolute Gasteiger partial charge is 0.396 e. The Kier molecular flexibility index (Phi) is 14.9. The zero-order valence-corrected chi connectivity index (χ0v) is 14.4. The van der Waals surface area contributed by atoms with E-state index in [4.69, 9.17) is 5.11 Å². The quantitative estimate of drug-likeness (QED) is 0.622. The fourth-order valence-corrected chi connectivity index (χ4v) is 2.19. The van der Waals surface area contributed by atoms with Crippen molar-refractivity contribution in [3.05, 3.63) is 35.9 Å². The fraction of sp³-hybridized carbons (Fsp3) is 0.684. The average Bonchev–Trinajstić information content (AvgIpc) is 2.47. The highest BCUT2D eigenvalue weighted by Gasteiger charge is 1.91.